The molecule has 0 unspecified atom stereocenters. The van der Waals surface area contributed by atoms with E-state index < -0.39 is 11.7 Å². The molecule has 0 aliphatic carbocycles. The number of thioether (sulfide) groups is 2. The van der Waals surface area contributed by atoms with E-state index in [1.807, 2.05) is 6.07 Å². The number of benzene rings is 1. The van der Waals surface area contributed by atoms with Crippen molar-refractivity contribution in [3.8, 4) is 6.07 Å². The summed E-state index contributed by atoms with van der Waals surface area (Å²) in [6.45, 7) is 3.53. The number of ketones is 1. The Morgan fingerprint density at radius 1 is 1.38 bits per heavy atom. The fraction of sp³-hybridized carbons (Fsp3) is 0.200. The molecule has 2 aromatic rings. The summed E-state index contributed by atoms with van der Waals surface area (Å²) in [5.74, 6) is -3.59. The normalized spacial score (nSPS) is 11.8. The molecule has 136 valence electrons. The van der Waals surface area contributed by atoms with Gasteiger partial charge in [0.1, 0.15) is 5.70 Å². The summed E-state index contributed by atoms with van der Waals surface area (Å²) >= 11 is 2.90. The van der Waals surface area contributed by atoms with Crippen LogP contribution in [0, 0.1) is 17.2 Å². The topological polar surface area (TPSA) is 106 Å². The van der Waals surface area contributed by atoms with Gasteiger partial charge in [-0.1, -0.05) is 34.9 Å². The van der Waals surface area contributed by atoms with E-state index in [0.717, 1.165) is 0 Å². The van der Waals surface area contributed by atoms with E-state index in [2.05, 4.69) is 27.8 Å². The molecule has 0 saturated heterocycles. The van der Waals surface area contributed by atoms with Gasteiger partial charge in [0.05, 0.1) is 11.8 Å². The number of carbonyl (C=O) groups excluding carboxylic acids is 1. The summed E-state index contributed by atoms with van der Waals surface area (Å²) in [6, 6.07) is 8.38. The molecule has 1 atom stereocenters. The number of carbonyl (C=O) groups is 1. The van der Waals surface area contributed by atoms with Crippen LogP contribution in [-0.4, -0.2) is 27.5 Å². The van der Waals surface area contributed by atoms with Crippen molar-refractivity contribution in [3.05, 3.63) is 36.5 Å². The monoisotopic (exact) mass is 414 g/mol. The van der Waals surface area contributed by atoms with E-state index in [9.17, 15) is 13.6 Å². The third-order valence-electron chi connectivity index (χ3n) is 2.93. The number of nitrogens with zero attached hydrogens (tertiary/aromatic N) is 3. The van der Waals surface area contributed by atoms with Crippen molar-refractivity contribution < 1.29 is 19.3 Å². The molecule has 0 saturated carbocycles. The van der Waals surface area contributed by atoms with E-state index >= 15 is 0 Å². The molecule has 11 heteroatoms. The first-order valence-corrected chi connectivity index (χ1v) is 9.78. The van der Waals surface area contributed by atoms with E-state index in [4.69, 9.17) is 5.26 Å². The molecule has 4 N–H and O–H groups in total. The van der Waals surface area contributed by atoms with Gasteiger partial charge in [0.2, 0.25) is 5.13 Å². The number of Topliss-reactive ketones (excluding diaryl/α,β-unsaturated/α-hetero) is 1. The number of hydrogen-bond donors (Lipinski definition) is 2. The fourth-order valence-corrected chi connectivity index (χ4v) is 3.95. The lowest BCUT2D eigenvalue weighted by molar-refractivity contribution is -0.309. The molecule has 26 heavy (non-hydrogen) atoms. The zero-order valence-electron chi connectivity index (χ0n) is 13.3. The Hall–Kier alpha value is -2.00. The molecular weight excluding hydrogens is 400 g/mol. The first-order chi connectivity index (χ1) is 12.4. The SMILES string of the molecule is C=C([NH3+])[C@H](C#N)C(=O)CSc1nnc(Nc2ccc(SC(F)F)cc2)s1. The second kappa shape index (κ2) is 9.63. The molecule has 0 spiro atoms. The number of allylic oxidation sites excluding steroid dienone is 1. The van der Waals surface area contributed by atoms with Crippen molar-refractivity contribution in [2.45, 2.75) is 15.0 Å². The highest BCUT2D eigenvalue weighted by atomic mass is 32.2. The summed E-state index contributed by atoms with van der Waals surface area (Å²) in [4.78, 5) is 12.4. The van der Waals surface area contributed by atoms with Gasteiger partial charge >= 0.3 is 0 Å². The predicted molar refractivity (Wildman–Crippen MR) is 98.4 cm³/mol. The molecule has 2 rings (SSSR count). The lowest BCUT2D eigenvalue weighted by Crippen LogP contribution is -2.51. The van der Waals surface area contributed by atoms with Crippen molar-refractivity contribution in [1.82, 2.24) is 10.2 Å². The van der Waals surface area contributed by atoms with Gasteiger partial charge < -0.3 is 11.1 Å². The maximum Gasteiger partial charge on any atom is 0.288 e. The summed E-state index contributed by atoms with van der Waals surface area (Å²) in [6.07, 6.45) is 0. The number of quaternary nitrogens is 1. The Morgan fingerprint density at radius 3 is 2.65 bits per heavy atom. The average Bonchev–Trinajstić information content (AvgIpc) is 3.02. The van der Waals surface area contributed by atoms with Gasteiger partial charge in [-0.3, -0.25) is 4.79 Å². The highest BCUT2D eigenvalue weighted by Gasteiger charge is 2.22. The number of nitriles is 1. The minimum Gasteiger partial charge on any atom is -0.330 e. The van der Waals surface area contributed by atoms with E-state index in [0.29, 0.717) is 31.8 Å². The Balaban J connectivity index is 1.90. The number of nitrogens with one attached hydrogen (secondary N) is 1. The van der Waals surface area contributed by atoms with Crippen molar-refractivity contribution in [2.24, 2.45) is 5.92 Å². The molecular formula is C15H14F2N5OS3+. The van der Waals surface area contributed by atoms with Crippen molar-refractivity contribution in [3.63, 3.8) is 0 Å². The highest BCUT2D eigenvalue weighted by molar-refractivity contribution is 8.01. The van der Waals surface area contributed by atoms with Gasteiger partial charge in [-0.15, -0.1) is 10.2 Å². The van der Waals surface area contributed by atoms with Crippen LogP contribution in [0.25, 0.3) is 0 Å². The zero-order valence-corrected chi connectivity index (χ0v) is 15.8. The Bertz CT molecular complexity index is 819. The van der Waals surface area contributed by atoms with Gasteiger partial charge in [0, 0.05) is 10.6 Å². The third-order valence-corrected chi connectivity index (χ3v) is 5.65. The van der Waals surface area contributed by atoms with Crippen LogP contribution in [-0.2, 0) is 4.79 Å². The second-order valence-electron chi connectivity index (χ2n) is 4.88. The first-order valence-electron chi connectivity index (χ1n) is 7.10. The van der Waals surface area contributed by atoms with E-state index in [-0.39, 0.29) is 17.2 Å². The van der Waals surface area contributed by atoms with Crippen LogP contribution in [0.2, 0.25) is 0 Å². The Kier molecular flexibility index (Phi) is 7.52. The molecule has 0 amide bonds. The maximum absolute atomic E-state index is 12.3. The fourth-order valence-electron chi connectivity index (χ4n) is 1.77. The quantitative estimate of drug-likeness (QED) is 0.607. The molecule has 1 aromatic carbocycles. The molecule has 0 bridgehead atoms. The number of halogens is 2. The molecule has 0 radical (unpaired) electrons. The molecule has 1 heterocycles. The number of alkyl halides is 2. The molecule has 0 aliphatic heterocycles. The predicted octanol–water partition coefficient (Wildman–Crippen LogP) is 3.15. The summed E-state index contributed by atoms with van der Waals surface area (Å²) in [7, 11) is 0. The van der Waals surface area contributed by atoms with E-state index in [1.165, 1.54) is 23.1 Å². The minimum absolute atomic E-state index is 0.0704. The standard InChI is InChI=1S/C15H13F2N5OS3/c1-8(19)11(6-18)12(23)7-24-15-22-21-14(26-15)20-9-2-4-10(5-3-9)25-13(16)17/h2-5,11,13H,1,7,19H2,(H,20,21)/p+1/t11-/m0/s1. The van der Waals surface area contributed by atoms with Gasteiger partial charge in [-0.2, -0.15) is 14.0 Å². The summed E-state index contributed by atoms with van der Waals surface area (Å²) in [5.41, 5.74) is 4.49. The molecule has 0 fully saturated rings. The van der Waals surface area contributed by atoms with Gasteiger partial charge in [-0.25, -0.2) is 0 Å². The summed E-state index contributed by atoms with van der Waals surface area (Å²) in [5, 5.41) is 20.4. The van der Waals surface area contributed by atoms with Crippen molar-refractivity contribution >= 4 is 51.5 Å². The summed E-state index contributed by atoms with van der Waals surface area (Å²) < 4.78 is 25.2. The Labute approximate surface area is 160 Å². The molecule has 0 aliphatic rings. The number of aromatic nitrogens is 2. The zero-order chi connectivity index (χ0) is 19.1. The lowest BCUT2D eigenvalue weighted by atomic mass is 10.1. The van der Waals surface area contributed by atoms with Crippen molar-refractivity contribution in [1.29, 1.82) is 5.26 Å². The smallest absolute Gasteiger partial charge is 0.288 e. The van der Waals surface area contributed by atoms with Gasteiger partial charge in [-0.05, 0) is 30.8 Å². The first kappa shape index (κ1) is 20.3. The second-order valence-corrected chi connectivity index (χ2v) is 8.14. The number of hydrogen-bond acceptors (Lipinski definition) is 8. The minimum atomic E-state index is -2.46. The average molecular weight is 415 g/mol. The van der Waals surface area contributed by atoms with Crippen LogP contribution in [0.1, 0.15) is 0 Å². The van der Waals surface area contributed by atoms with Crippen LogP contribution in [0.4, 0.5) is 19.6 Å². The lowest BCUT2D eigenvalue weighted by Gasteiger charge is -2.04. The van der Waals surface area contributed by atoms with Gasteiger partial charge in [0.15, 0.2) is 16.0 Å². The van der Waals surface area contributed by atoms with E-state index in [1.54, 1.807) is 24.3 Å². The number of rotatable bonds is 9. The Morgan fingerprint density at radius 2 is 2.08 bits per heavy atom. The van der Waals surface area contributed by atoms with Gasteiger partial charge in [0.25, 0.3) is 5.76 Å². The van der Waals surface area contributed by atoms with Crippen LogP contribution < -0.4 is 11.1 Å². The highest BCUT2D eigenvalue weighted by Crippen LogP contribution is 2.30. The maximum atomic E-state index is 12.3. The van der Waals surface area contributed by atoms with Crippen LogP contribution in [0.5, 0.6) is 0 Å². The van der Waals surface area contributed by atoms with Crippen LogP contribution in [0.3, 0.4) is 0 Å². The van der Waals surface area contributed by atoms with Crippen LogP contribution in [0.15, 0.2) is 45.8 Å². The largest absolute Gasteiger partial charge is 0.330 e. The molecule has 6 nitrogen and oxygen atoms in total. The van der Waals surface area contributed by atoms with Crippen molar-refractivity contribution in [2.75, 3.05) is 11.1 Å². The van der Waals surface area contributed by atoms with Crippen LogP contribution >= 0.6 is 34.9 Å². The molecule has 1 aromatic heterocycles. The third kappa shape index (κ3) is 6.06. The number of anilines is 2.